The smallest absolute Gasteiger partial charge is 0.490 e. The number of alkyl halides is 5. The third-order valence-electron chi connectivity index (χ3n) is 1.07. The second-order valence-electron chi connectivity index (χ2n) is 2.46. The molecule has 10 nitrogen and oxygen atoms in total. The first-order valence-electron chi connectivity index (χ1n) is 4.20. The van der Waals surface area contributed by atoms with Crippen molar-refractivity contribution in [2.24, 2.45) is 0 Å². The molecule has 0 rings (SSSR count). The average molecular weight is 434 g/mol. The zero-order valence-corrected chi connectivity index (χ0v) is 14.0. The lowest BCUT2D eigenvalue weighted by Gasteiger charge is -2.15. The van der Waals surface area contributed by atoms with Crippen molar-refractivity contribution in [3.05, 3.63) is 0 Å². The Hall–Kier alpha value is -1.27. The van der Waals surface area contributed by atoms with Gasteiger partial charge in [-0.1, -0.05) is 0 Å². The fourth-order valence-corrected chi connectivity index (χ4v) is 0.683. The molecular formula is C6H11ClF5N2O8S2-. The van der Waals surface area contributed by atoms with Gasteiger partial charge in [-0.05, 0) is 0 Å². The Labute approximate surface area is 143 Å². The monoisotopic (exact) mass is 433 g/mol. The highest BCUT2D eigenvalue weighted by molar-refractivity contribution is 7.77. The zero-order chi connectivity index (χ0) is 18.6. The molecule has 0 saturated carbocycles. The summed E-state index contributed by atoms with van der Waals surface area (Å²) < 4.78 is 101. The normalized spacial score (nSPS) is 10.7. The number of carbonyl (C=O) groups is 2. The van der Waals surface area contributed by atoms with Crippen LogP contribution in [0.4, 0.5) is 22.0 Å². The molecule has 0 aliphatic carbocycles. The molecule has 24 heavy (non-hydrogen) atoms. The van der Waals surface area contributed by atoms with Gasteiger partial charge in [-0.2, -0.15) is 35.1 Å². The van der Waals surface area contributed by atoms with Crippen molar-refractivity contribution in [1.82, 2.24) is 10.9 Å². The van der Waals surface area contributed by atoms with Crippen LogP contribution in [0.1, 0.15) is 0 Å². The van der Waals surface area contributed by atoms with Gasteiger partial charge >= 0.3 is 35.7 Å². The molecule has 148 valence electrons. The van der Waals surface area contributed by atoms with Gasteiger partial charge in [0, 0.05) is 11.3 Å². The fraction of sp³-hybridized carbons (Fsp3) is 0.667. The third kappa shape index (κ3) is 20.7. The largest absolute Gasteiger partial charge is 0.760 e. The molecule has 4 N–H and O–H groups in total. The van der Waals surface area contributed by atoms with Gasteiger partial charge in [-0.25, -0.2) is 9.59 Å². The van der Waals surface area contributed by atoms with Crippen LogP contribution in [0.15, 0.2) is 0 Å². The number of hydrogen-bond acceptors (Lipinski definition) is 9. The molecule has 0 aliphatic rings. The van der Waals surface area contributed by atoms with E-state index in [0.29, 0.717) is 18.9 Å². The highest BCUT2D eigenvalue weighted by atomic mass is 35.5. The number of hydrogen-bond donors (Lipinski definition) is 2. The van der Waals surface area contributed by atoms with E-state index < -0.39 is 47.0 Å². The molecule has 0 fully saturated rings. The Balaban J connectivity index is -0.0000000825. The van der Waals surface area contributed by atoms with Crippen LogP contribution >= 0.6 is 12.4 Å². The quantitative estimate of drug-likeness (QED) is 0.263. The Bertz CT molecular complexity index is 432. The second-order valence-corrected chi connectivity index (χ2v) is 3.27. The predicted octanol–water partition coefficient (Wildman–Crippen LogP) is -0.229. The molecule has 0 heterocycles. The van der Waals surface area contributed by atoms with Crippen molar-refractivity contribution in [2.75, 3.05) is 14.2 Å². The van der Waals surface area contributed by atoms with Gasteiger partial charge in [0.05, 0.1) is 14.2 Å². The van der Waals surface area contributed by atoms with E-state index in [-0.39, 0.29) is 18.6 Å². The van der Waals surface area contributed by atoms with Gasteiger partial charge in [-0.15, -0.1) is 12.4 Å². The molecule has 0 aliphatic heterocycles. The highest BCUT2D eigenvalue weighted by Crippen LogP contribution is 2.15. The number of carbonyl (C=O) groups excluding carboxylic acids is 2. The summed E-state index contributed by atoms with van der Waals surface area (Å²) in [5.41, 5.74) is 0. The Kier molecular flexibility index (Phi) is 23.6. The number of ether oxygens (including phenoxy) is 2. The van der Waals surface area contributed by atoms with Crippen LogP contribution in [0, 0.1) is 0 Å². The van der Waals surface area contributed by atoms with Gasteiger partial charge in [0.1, 0.15) is 0 Å². The summed E-state index contributed by atoms with van der Waals surface area (Å²) in [5.74, 6) is -4.13. The van der Waals surface area contributed by atoms with Crippen molar-refractivity contribution in [3.63, 3.8) is 0 Å². The van der Waals surface area contributed by atoms with Crippen LogP contribution in [0.25, 0.3) is 0 Å². The molecule has 0 spiro atoms. The number of halogens is 6. The van der Waals surface area contributed by atoms with Gasteiger partial charge in [0.15, 0.2) is 0 Å². The van der Waals surface area contributed by atoms with Crippen LogP contribution in [0.5, 0.6) is 0 Å². The van der Waals surface area contributed by atoms with Gasteiger partial charge in [0.2, 0.25) is 0 Å². The lowest BCUT2D eigenvalue weighted by molar-refractivity contribution is -0.196. The maximum atomic E-state index is 12.1. The summed E-state index contributed by atoms with van der Waals surface area (Å²) in [6.45, 7) is 0. The van der Waals surface area contributed by atoms with Gasteiger partial charge < -0.3 is 20.2 Å². The number of nitrogens with one attached hydrogen (secondary N) is 1. The Morgan fingerprint density at radius 2 is 1.33 bits per heavy atom. The molecule has 0 aromatic carbocycles. The maximum Gasteiger partial charge on any atom is 0.490 e. The van der Waals surface area contributed by atoms with E-state index in [2.05, 4.69) is 9.47 Å². The molecule has 1 unspecified atom stereocenters. The second kappa shape index (κ2) is 16.6. The zero-order valence-electron chi connectivity index (χ0n) is 11.6. The molecule has 0 saturated heterocycles. The van der Waals surface area contributed by atoms with Gasteiger partial charge in [0.25, 0.3) is 0 Å². The SMILES string of the molecule is COC(=O)C(F)(F)F.COC(=O)C(F)(F)NS(=O)[O-].Cl.N.O=S=O. The van der Waals surface area contributed by atoms with Crippen molar-refractivity contribution < 1.29 is 58.2 Å². The van der Waals surface area contributed by atoms with E-state index in [1.54, 1.807) is 0 Å². The van der Waals surface area contributed by atoms with Crippen LogP contribution in [0.3, 0.4) is 0 Å². The van der Waals surface area contributed by atoms with E-state index in [9.17, 15) is 40.3 Å². The van der Waals surface area contributed by atoms with Crippen molar-refractivity contribution in [1.29, 1.82) is 0 Å². The van der Waals surface area contributed by atoms with E-state index in [4.69, 9.17) is 8.42 Å². The van der Waals surface area contributed by atoms with E-state index >= 15 is 0 Å². The fourth-order valence-electron chi connectivity index (χ4n) is 0.390. The summed E-state index contributed by atoms with van der Waals surface area (Å²) in [5, 5.41) is 0. The highest BCUT2D eigenvalue weighted by Gasteiger charge is 2.40. The lowest BCUT2D eigenvalue weighted by atomic mass is 10.6. The lowest BCUT2D eigenvalue weighted by Crippen LogP contribution is -2.45. The number of esters is 2. The minimum absolute atomic E-state index is 0. The first-order valence-corrected chi connectivity index (χ1v) is 5.94. The number of methoxy groups -OCH3 is 2. The van der Waals surface area contributed by atoms with Crippen molar-refractivity contribution in [3.8, 4) is 0 Å². The summed E-state index contributed by atoms with van der Waals surface area (Å²) in [6, 6.07) is -4.19. The van der Waals surface area contributed by atoms with Crippen LogP contribution < -0.4 is 10.9 Å². The summed E-state index contributed by atoms with van der Waals surface area (Å²) in [4.78, 5) is 19.5. The molecule has 18 heteroatoms. The predicted molar refractivity (Wildman–Crippen MR) is 68.3 cm³/mol. The first kappa shape index (κ1) is 34.1. The minimum Gasteiger partial charge on any atom is -0.760 e. The van der Waals surface area contributed by atoms with E-state index in [0.717, 1.165) is 0 Å². The summed E-state index contributed by atoms with van der Waals surface area (Å²) in [7, 11) is 1.39. The minimum atomic E-state index is -4.85. The standard InChI is InChI=1S/C3H3F3O2.C3H5F2NO4S.ClH.H3N.O2S/c1-8-2(7)3(4,5)6;1-10-2(7)3(4,5)6-11(8)9;;;1-3-2/h1H3;6H,1H3,(H,8,9);1H;1H3;/p-1. The molecule has 1 atom stereocenters. The Morgan fingerprint density at radius 3 is 1.46 bits per heavy atom. The summed E-state index contributed by atoms with van der Waals surface area (Å²) in [6.07, 6.45) is -4.85. The molecular weight excluding hydrogens is 423 g/mol. The van der Waals surface area contributed by atoms with Crippen LogP contribution in [-0.2, 0) is 41.9 Å². The maximum absolute atomic E-state index is 12.1. The van der Waals surface area contributed by atoms with Crippen molar-refractivity contribution in [2.45, 2.75) is 12.2 Å². The summed E-state index contributed by atoms with van der Waals surface area (Å²) >= 11 is -3.96. The molecule has 0 bridgehead atoms. The van der Waals surface area contributed by atoms with E-state index in [1.807, 2.05) is 0 Å². The Morgan fingerprint density at radius 1 is 1.04 bits per heavy atom. The van der Waals surface area contributed by atoms with Crippen LogP contribution in [0.2, 0.25) is 0 Å². The molecule has 0 amide bonds. The van der Waals surface area contributed by atoms with Crippen LogP contribution in [-0.4, -0.2) is 55.6 Å². The number of rotatable bonds is 3. The first-order chi connectivity index (χ1) is 9.79. The molecule has 0 radical (unpaired) electrons. The average Bonchev–Trinajstić information content (AvgIpc) is 2.35. The third-order valence-corrected chi connectivity index (χ3v) is 1.49. The van der Waals surface area contributed by atoms with Gasteiger partial charge in [-0.3, -0.25) is 4.21 Å². The molecule has 0 aromatic heterocycles. The van der Waals surface area contributed by atoms with Crippen molar-refractivity contribution >= 4 is 47.2 Å². The van der Waals surface area contributed by atoms with E-state index in [1.165, 1.54) is 0 Å². The molecule has 0 aromatic rings. The topological polar surface area (TPSA) is 174 Å².